The topological polar surface area (TPSA) is 46.2 Å². The molecule has 2 aromatic carbocycles. The summed E-state index contributed by atoms with van der Waals surface area (Å²) in [4.78, 5) is 0. The van der Waals surface area contributed by atoms with Gasteiger partial charge in [-0.2, -0.15) is 0 Å². The van der Waals surface area contributed by atoms with Crippen LogP contribution in [0.1, 0.15) is 29.2 Å². The van der Waals surface area contributed by atoms with Crippen molar-refractivity contribution >= 4 is 0 Å². The predicted octanol–water partition coefficient (Wildman–Crippen LogP) is 3.13. The molecule has 0 aliphatic rings. The molecule has 106 valence electrons. The number of nitrogens with two attached hydrogens (primary N) is 1. The van der Waals surface area contributed by atoms with E-state index in [1.807, 2.05) is 69.3 Å². The molecule has 2 rings (SSSR count). The maximum absolute atomic E-state index is 11.3. The fraction of sp³-hybridized carbons (Fsp3) is 0.333. The molecule has 0 amide bonds. The number of hydrogen-bond donors (Lipinski definition) is 2. The van der Waals surface area contributed by atoms with Crippen LogP contribution in [0.15, 0.2) is 48.5 Å². The number of hydrogen-bond acceptors (Lipinski definition) is 2. The Hall–Kier alpha value is -1.64. The van der Waals surface area contributed by atoms with Gasteiger partial charge in [-0.15, -0.1) is 0 Å². The molecule has 0 spiro atoms. The van der Waals surface area contributed by atoms with Gasteiger partial charge in [0.25, 0.3) is 0 Å². The van der Waals surface area contributed by atoms with Gasteiger partial charge in [-0.3, -0.25) is 0 Å². The van der Waals surface area contributed by atoms with Crippen LogP contribution in [0.2, 0.25) is 0 Å². The molecule has 2 nitrogen and oxygen atoms in total. The summed E-state index contributed by atoms with van der Waals surface area (Å²) in [6, 6.07) is 16.1. The molecule has 0 aromatic heterocycles. The van der Waals surface area contributed by atoms with Gasteiger partial charge in [0.15, 0.2) is 0 Å². The predicted molar refractivity (Wildman–Crippen MR) is 83.6 cm³/mol. The standard InChI is InChI=1S/C18H23NO/c1-13-4-8-16(9-5-13)18(20,15(3)12-19)17-10-6-14(2)7-11-17/h4-11,15,20H,12,19H2,1-3H3/t15-/m0/s1. The van der Waals surface area contributed by atoms with Crippen LogP contribution in [0, 0.1) is 19.8 Å². The van der Waals surface area contributed by atoms with Crippen LogP contribution < -0.4 is 5.73 Å². The highest BCUT2D eigenvalue weighted by atomic mass is 16.3. The molecule has 1 atom stereocenters. The van der Waals surface area contributed by atoms with Crippen LogP contribution in [0.3, 0.4) is 0 Å². The summed E-state index contributed by atoms with van der Waals surface area (Å²) >= 11 is 0. The quantitative estimate of drug-likeness (QED) is 0.895. The Balaban J connectivity index is 2.55. The lowest BCUT2D eigenvalue weighted by molar-refractivity contribution is 0.0276. The van der Waals surface area contributed by atoms with Gasteiger partial charge in [0.05, 0.1) is 0 Å². The second-order valence-corrected chi connectivity index (χ2v) is 5.64. The summed E-state index contributed by atoms with van der Waals surface area (Å²) in [7, 11) is 0. The summed E-state index contributed by atoms with van der Waals surface area (Å²) in [6.45, 7) is 6.50. The maximum atomic E-state index is 11.3. The van der Waals surface area contributed by atoms with Gasteiger partial charge in [-0.05, 0) is 31.5 Å². The molecule has 0 saturated carbocycles. The molecule has 20 heavy (non-hydrogen) atoms. The molecule has 0 aliphatic carbocycles. The van der Waals surface area contributed by atoms with E-state index in [1.165, 1.54) is 11.1 Å². The minimum atomic E-state index is -1.05. The molecular formula is C18H23NO. The van der Waals surface area contributed by atoms with Gasteiger partial charge >= 0.3 is 0 Å². The molecule has 3 N–H and O–H groups in total. The van der Waals surface area contributed by atoms with Crippen LogP contribution in [0.4, 0.5) is 0 Å². The Labute approximate surface area is 121 Å². The zero-order valence-electron chi connectivity index (χ0n) is 12.4. The average molecular weight is 269 g/mol. The first-order valence-electron chi connectivity index (χ1n) is 7.05. The summed E-state index contributed by atoms with van der Waals surface area (Å²) in [6.07, 6.45) is 0. The average Bonchev–Trinajstić information content (AvgIpc) is 2.47. The molecule has 0 bridgehead atoms. The van der Waals surface area contributed by atoms with E-state index in [9.17, 15) is 5.11 Å². The highest BCUT2D eigenvalue weighted by Crippen LogP contribution is 2.36. The first-order chi connectivity index (χ1) is 9.48. The Morgan fingerprint density at radius 2 is 1.25 bits per heavy atom. The van der Waals surface area contributed by atoms with Gasteiger partial charge < -0.3 is 10.8 Å². The van der Waals surface area contributed by atoms with E-state index in [2.05, 4.69) is 0 Å². The third-order valence-electron chi connectivity index (χ3n) is 4.05. The van der Waals surface area contributed by atoms with E-state index in [1.54, 1.807) is 0 Å². The largest absolute Gasteiger partial charge is 0.380 e. The highest BCUT2D eigenvalue weighted by Gasteiger charge is 2.36. The first-order valence-corrected chi connectivity index (χ1v) is 7.05. The molecule has 2 heteroatoms. The van der Waals surface area contributed by atoms with E-state index in [0.717, 1.165) is 11.1 Å². The molecule has 0 fully saturated rings. The fourth-order valence-electron chi connectivity index (χ4n) is 2.52. The normalized spacial score (nSPS) is 13.2. The lowest BCUT2D eigenvalue weighted by atomic mass is 9.76. The van der Waals surface area contributed by atoms with Gasteiger partial charge in [0.1, 0.15) is 5.60 Å². The summed E-state index contributed by atoms with van der Waals surface area (Å²) in [5.74, 6) is -0.0621. The highest BCUT2D eigenvalue weighted by molar-refractivity contribution is 5.39. The van der Waals surface area contributed by atoms with E-state index < -0.39 is 5.60 Å². The van der Waals surface area contributed by atoms with Crippen molar-refractivity contribution in [1.82, 2.24) is 0 Å². The van der Waals surface area contributed by atoms with Crippen molar-refractivity contribution in [1.29, 1.82) is 0 Å². The Kier molecular flexibility index (Phi) is 4.26. The van der Waals surface area contributed by atoms with Gasteiger partial charge in [0.2, 0.25) is 0 Å². The van der Waals surface area contributed by atoms with Crippen molar-refractivity contribution in [3.8, 4) is 0 Å². The second-order valence-electron chi connectivity index (χ2n) is 5.64. The third-order valence-corrected chi connectivity index (χ3v) is 4.05. The van der Waals surface area contributed by atoms with Crippen molar-refractivity contribution < 1.29 is 5.11 Å². The third kappa shape index (κ3) is 2.62. The van der Waals surface area contributed by atoms with Crippen LogP contribution in [-0.4, -0.2) is 11.7 Å². The minimum absolute atomic E-state index is 0.0621. The molecule has 0 heterocycles. The van der Waals surface area contributed by atoms with Crippen LogP contribution in [-0.2, 0) is 5.60 Å². The van der Waals surface area contributed by atoms with Crippen molar-refractivity contribution in [3.63, 3.8) is 0 Å². The first kappa shape index (κ1) is 14.8. The van der Waals surface area contributed by atoms with Gasteiger partial charge in [-0.25, -0.2) is 0 Å². The summed E-state index contributed by atoms with van der Waals surface area (Å²) < 4.78 is 0. The molecule has 0 saturated heterocycles. The molecule has 0 unspecified atom stereocenters. The van der Waals surface area contributed by atoms with Crippen LogP contribution >= 0.6 is 0 Å². The number of aryl methyl sites for hydroxylation is 2. The van der Waals surface area contributed by atoms with E-state index >= 15 is 0 Å². The zero-order chi connectivity index (χ0) is 14.8. The molecule has 0 radical (unpaired) electrons. The van der Waals surface area contributed by atoms with E-state index in [4.69, 9.17) is 5.73 Å². The maximum Gasteiger partial charge on any atom is 0.118 e. The minimum Gasteiger partial charge on any atom is -0.380 e. The summed E-state index contributed by atoms with van der Waals surface area (Å²) in [5, 5.41) is 11.3. The Morgan fingerprint density at radius 3 is 1.55 bits per heavy atom. The second kappa shape index (κ2) is 5.78. The van der Waals surface area contributed by atoms with E-state index in [-0.39, 0.29) is 5.92 Å². The Morgan fingerprint density at radius 1 is 0.900 bits per heavy atom. The lowest BCUT2D eigenvalue weighted by Crippen LogP contribution is -2.38. The van der Waals surface area contributed by atoms with Crippen LogP contribution in [0.25, 0.3) is 0 Å². The van der Waals surface area contributed by atoms with Crippen molar-refractivity contribution in [3.05, 3.63) is 70.8 Å². The molecule has 2 aromatic rings. The van der Waals surface area contributed by atoms with Crippen molar-refractivity contribution in [2.45, 2.75) is 26.4 Å². The SMILES string of the molecule is Cc1ccc(C(O)(c2ccc(C)cc2)[C@@H](C)CN)cc1. The van der Waals surface area contributed by atoms with Crippen molar-refractivity contribution in [2.75, 3.05) is 6.54 Å². The molecular weight excluding hydrogens is 246 g/mol. The van der Waals surface area contributed by atoms with Gasteiger partial charge in [-0.1, -0.05) is 66.6 Å². The fourth-order valence-corrected chi connectivity index (χ4v) is 2.52. The van der Waals surface area contributed by atoms with Crippen molar-refractivity contribution in [2.24, 2.45) is 11.7 Å². The number of aliphatic hydroxyl groups is 1. The van der Waals surface area contributed by atoms with Crippen LogP contribution in [0.5, 0.6) is 0 Å². The zero-order valence-corrected chi connectivity index (χ0v) is 12.4. The van der Waals surface area contributed by atoms with Gasteiger partial charge in [0, 0.05) is 5.92 Å². The lowest BCUT2D eigenvalue weighted by Gasteiger charge is -2.35. The van der Waals surface area contributed by atoms with E-state index in [0.29, 0.717) is 6.54 Å². The molecule has 0 aliphatic heterocycles. The Bertz CT molecular complexity index is 511. The summed E-state index contributed by atoms with van der Waals surface area (Å²) in [5.41, 5.74) is 8.94. The smallest absolute Gasteiger partial charge is 0.118 e. The number of benzene rings is 2. The monoisotopic (exact) mass is 269 g/mol. The number of rotatable bonds is 4.